The van der Waals surface area contributed by atoms with E-state index in [4.69, 9.17) is 4.74 Å². The van der Waals surface area contributed by atoms with Gasteiger partial charge in [-0.2, -0.15) is 0 Å². The summed E-state index contributed by atoms with van der Waals surface area (Å²) in [6, 6.07) is 0. The molecule has 0 aliphatic carbocycles. The first-order valence-corrected chi connectivity index (χ1v) is 5.72. The molecule has 0 amide bonds. The maximum atomic E-state index is 11.5. The maximum Gasteiger partial charge on any atom is 0.311 e. The van der Waals surface area contributed by atoms with Gasteiger partial charge in [0.25, 0.3) is 0 Å². The number of hydrogen-bond donors (Lipinski definition) is 1. The number of ketones is 1. The molecular weight excluding hydrogens is 208 g/mol. The number of hydrogen-bond acceptors (Lipinski definition) is 4. The Hall–Kier alpha value is -0.900. The molecule has 1 aliphatic rings. The van der Waals surface area contributed by atoms with Crippen molar-refractivity contribution in [2.24, 2.45) is 17.8 Å². The van der Waals surface area contributed by atoms with E-state index in [1.54, 1.807) is 6.92 Å². The topological polar surface area (TPSA) is 63.6 Å². The Morgan fingerprint density at radius 3 is 2.56 bits per heavy atom. The fourth-order valence-electron chi connectivity index (χ4n) is 2.34. The lowest BCUT2D eigenvalue weighted by molar-refractivity contribution is -0.183. The summed E-state index contributed by atoms with van der Waals surface area (Å²) >= 11 is 0. The summed E-state index contributed by atoms with van der Waals surface area (Å²) < 4.78 is 5.29. The van der Waals surface area contributed by atoms with E-state index in [9.17, 15) is 14.7 Å². The molecule has 0 spiro atoms. The van der Waals surface area contributed by atoms with Crippen molar-refractivity contribution in [2.45, 2.75) is 46.3 Å². The van der Waals surface area contributed by atoms with Gasteiger partial charge in [-0.3, -0.25) is 4.79 Å². The van der Waals surface area contributed by atoms with Gasteiger partial charge in [0.2, 0.25) is 0 Å². The molecule has 1 rings (SSSR count). The highest BCUT2D eigenvalue weighted by molar-refractivity contribution is 5.76. The minimum atomic E-state index is -0.680. The number of cyclic esters (lactones) is 1. The highest BCUT2D eigenvalue weighted by Crippen LogP contribution is 2.31. The molecule has 1 N–H and O–H groups in total. The van der Waals surface area contributed by atoms with Crippen LogP contribution in [0.1, 0.15) is 34.1 Å². The standard InChI is InChI=1S/C12H20O4/c1-6(5-7(2)13)11-8(3)10(14)9(4)12(15)16-11/h6,8-11,14H,5H2,1-4H3/t6-,8-,9+,10-,11-/m0/s1. The zero-order valence-corrected chi connectivity index (χ0v) is 10.3. The molecule has 5 atom stereocenters. The maximum absolute atomic E-state index is 11.5. The summed E-state index contributed by atoms with van der Waals surface area (Å²) in [5.74, 6) is -0.939. The van der Waals surface area contributed by atoms with Gasteiger partial charge >= 0.3 is 5.97 Å². The third-order valence-corrected chi connectivity index (χ3v) is 3.36. The molecule has 0 radical (unpaired) electrons. The third kappa shape index (κ3) is 2.61. The Bertz CT molecular complexity index is 287. The van der Waals surface area contributed by atoms with E-state index in [1.807, 2.05) is 13.8 Å². The van der Waals surface area contributed by atoms with E-state index in [1.165, 1.54) is 6.92 Å². The van der Waals surface area contributed by atoms with Gasteiger partial charge in [0.15, 0.2) is 0 Å². The van der Waals surface area contributed by atoms with E-state index in [-0.39, 0.29) is 29.7 Å². The van der Waals surface area contributed by atoms with Crippen molar-refractivity contribution in [1.29, 1.82) is 0 Å². The van der Waals surface area contributed by atoms with Crippen LogP contribution in [-0.2, 0) is 14.3 Å². The summed E-state index contributed by atoms with van der Waals surface area (Å²) in [7, 11) is 0. The van der Waals surface area contributed by atoms with E-state index in [2.05, 4.69) is 0 Å². The van der Waals surface area contributed by atoms with Gasteiger partial charge in [0.05, 0.1) is 12.0 Å². The number of ether oxygens (including phenoxy) is 1. The lowest BCUT2D eigenvalue weighted by Gasteiger charge is -2.39. The number of aliphatic hydroxyl groups excluding tert-OH is 1. The highest BCUT2D eigenvalue weighted by Gasteiger charge is 2.42. The molecule has 16 heavy (non-hydrogen) atoms. The molecule has 4 heteroatoms. The van der Waals surface area contributed by atoms with Gasteiger partial charge < -0.3 is 14.6 Å². The van der Waals surface area contributed by atoms with Crippen LogP contribution in [0.4, 0.5) is 0 Å². The van der Waals surface area contributed by atoms with Crippen LogP contribution in [0.3, 0.4) is 0 Å². The summed E-state index contributed by atoms with van der Waals surface area (Å²) in [5.41, 5.74) is 0. The third-order valence-electron chi connectivity index (χ3n) is 3.36. The first-order valence-electron chi connectivity index (χ1n) is 5.72. The zero-order chi connectivity index (χ0) is 12.5. The molecule has 4 nitrogen and oxygen atoms in total. The van der Waals surface area contributed by atoms with E-state index in [0.717, 1.165) is 0 Å². The zero-order valence-electron chi connectivity index (χ0n) is 10.3. The van der Waals surface area contributed by atoms with Crippen LogP contribution >= 0.6 is 0 Å². The molecule has 1 saturated heterocycles. The summed E-state index contributed by atoms with van der Waals surface area (Å²) in [6.45, 7) is 6.91. The van der Waals surface area contributed by atoms with E-state index < -0.39 is 12.0 Å². The molecule has 0 unspecified atom stereocenters. The summed E-state index contributed by atoms with van der Waals surface area (Å²) in [5, 5.41) is 9.88. The Morgan fingerprint density at radius 1 is 1.50 bits per heavy atom. The second-order valence-electron chi connectivity index (χ2n) is 4.92. The number of esters is 1. The second-order valence-corrected chi connectivity index (χ2v) is 4.92. The summed E-state index contributed by atoms with van der Waals surface area (Å²) in [4.78, 5) is 22.5. The molecule has 0 aromatic carbocycles. The Morgan fingerprint density at radius 2 is 2.06 bits per heavy atom. The second kappa shape index (κ2) is 4.95. The predicted molar refractivity (Wildman–Crippen MR) is 58.7 cm³/mol. The first-order chi connectivity index (χ1) is 7.34. The monoisotopic (exact) mass is 228 g/mol. The average molecular weight is 228 g/mol. The molecule has 92 valence electrons. The van der Waals surface area contributed by atoms with Gasteiger partial charge in [-0.25, -0.2) is 0 Å². The van der Waals surface area contributed by atoms with Crippen molar-refractivity contribution in [2.75, 3.05) is 0 Å². The number of Topliss-reactive ketones (excluding diaryl/α,β-unsaturated/α-hetero) is 1. The minimum absolute atomic E-state index is 0.0430. The number of aliphatic hydroxyl groups is 1. The lowest BCUT2D eigenvalue weighted by Crippen LogP contribution is -2.49. The van der Waals surface area contributed by atoms with Crippen molar-refractivity contribution in [1.82, 2.24) is 0 Å². The molecule has 0 aromatic heterocycles. The molecule has 1 heterocycles. The van der Waals surface area contributed by atoms with Gasteiger partial charge in [0, 0.05) is 18.3 Å². The molecule has 1 aliphatic heterocycles. The highest BCUT2D eigenvalue weighted by atomic mass is 16.5. The van der Waals surface area contributed by atoms with Gasteiger partial charge in [-0.15, -0.1) is 0 Å². The van der Waals surface area contributed by atoms with Crippen molar-refractivity contribution < 1.29 is 19.4 Å². The van der Waals surface area contributed by atoms with Crippen LogP contribution in [-0.4, -0.2) is 29.1 Å². The Balaban J connectivity index is 2.73. The van der Waals surface area contributed by atoms with E-state index >= 15 is 0 Å². The van der Waals surface area contributed by atoms with Crippen molar-refractivity contribution in [3.05, 3.63) is 0 Å². The van der Waals surface area contributed by atoms with Crippen molar-refractivity contribution in [3.63, 3.8) is 0 Å². The van der Waals surface area contributed by atoms with Crippen molar-refractivity contribution in [3.8, 4) is 0 Å². The number of rotatable bonds is 3. The predicted octanol–water partition coefficient (Wildman–Crippen LogP) is 1.16. The van der Waals surface area contributed by atoms with Crippen LogP contribution in [0.15, 0.2) is 0 Å². The fraction of sp³-hybridized carbons (Fsp3) is 0.833. The number of carbonyl (C=O) groups is 2. The molecule has 0 bridgehead atoms. The first kappa shape index (κ1) is 13.2. The lowest BCUT2D eigenvalue weighted by atomic mass is 9.80. The Labute approximate surface area is 96.0 Å². The summed E-state index contributed by atoms with van der Waals surface area (Å²) in [6.07, 6.45) is -0.660. The van der Waals surface area contributed by atoms with Crippen LogP contribution in [0.2, 0.25) is 0 Å². The SMILES string of the molecule is CC(=O)C[C@H](C)[C@@H]1OC(=O)[C@H](C)[C@@H](O)[C@@H]1C. The largest absolute Gasteiger partial charge is 0.461 e. The molecular formula is C12H20O4. The van der Waals surface area contributed by atoms with Crippen LogP contribution in [0.5, 0.6) is 0 Å². The molecule has 0 saturated carbocycles. The van der Waals surface area contributed by atoms with Gasteiger partial charge in [0.1, 0.15) is 11.9 Å². The molecule has 0 aromatic rings. The quantitative estimate of drug-likeness (QED) is 0.736. The minimum Gasteiger partial charge on any atom is -0.461 e. The van der Waals surface area contributed by atoms with Crippen molar-refractivity contribution >= 4 is 11.8 Å². The molecule has 1 fully saturated rings. The van der Waals surface area contributed by atoms with Gasteiger partial charge in [-0.05, 0) is 13.8 Å². The number of carbonyl (C=O) groups excluding carboxylic acids is 2. The average Bonchev–Trinajstić information content (AvgIpc) is 2.19. The Kier molecular flexibility index (Phi) is 4.08. The normalized spacial score (nSPS) is 36.7. The fourth-order valence-corrected chi connectivity index (χ4v) is 2.34. The van der Waals surface area contributed by atoms with Gasteiger partial charge in [-0.1, -0.05) is 13.8 Å². The smallest absolute Gasteiger partial charge is 0.311 e. The van der Waals surface area contributed by atoms with Crippen LogP contribution in [0, 0.1) is 17.8 Å². The van der Waals surface area contributed by atoms with Crippen LogP contribution in [0.25, 0.3) is 0 Å². The van der Waals surface area contributed by atoms with Crippen LogP contribution < -0.4 is 0 Å². The van der Waals surface area contributed by atoms with E-state index in [0.29, 0.717) is 6.42 Å².